The highest BCUT2D eigenvalue weighted by Gasteiger charge is 2.17. The fraction of sp³-hybridized carbons (Fsp3) is 0.857. The van der Waals surface area contributed by atoms with Crippen molar-refractivity contribution in [2.45, 2.75) is 31.4 Å². The van der Waals surface area contributed by atoms with Gasteiger partial charge in [-0.1, -0.05) is 21.6 Å². The van der Waals surface area contributed by atoms with Gasteiger partial charge >= 0.3 is 0 Å². The third-order valence-corrected chi connectivity index (χ3v) is 3.92. The maximum atomic E-state index is 10.1. The molecule has 0 N–H and O–H groups in total. The number of carboxylic acids is 1. The van der Waals surface area contributed by atoms with Crippen LogP contribution >= 0.6 is 21.6 Å². The molecule has 0 rings (SSSR count). The van der Waals surface area contributed by atoms with Crippen molar-refractivity contribution >= 4 is 27.6 Å². The molecule has 0 aromatic heterocycles. The molecule has 4 heteroatoms. The first-order valence-corrected chi connectivity index (χ1v) is 5.95. The van der Waals surface area contributed by atoms with E-state index in [1.165, 1.54) is 0 Å². The molecule has 0 heterocycles. The van der Waals surface area contributed by atoms with Gasteiger partial charge in [0.1, 0.15) is 0 Å². The molecule has 0 unspecified atom stereocenters. The third-order valence-electron chi connectivity index (χ3n) is 1.24. The molecule has 0 radical (unpaired) electrons. The molecule has 0 bridgehead atoms. The smallest absolute Gasteiger partial charge is 0.0414 e. The summed E-state index contributed by atoms with van der Waals surface area (Å²) in [4.78, 5) is 10.1. The van der Waals surface area contributed by atoms with Crippen molar-refractivity contribution in [3.05, 3.63) is 0 Å². The molecule has 0 fully saturated rings. The summed E-state index contributed by atoms with van der Waals surface area (Å²) < 4.78 is 0.0412. The first kappa shape index (κ1) is 11.2. The van der Waals surface area contributed by atoms with Gasteiger partial charge in [0.25, 0.3) is 0 Å². The van der Waals surface area contributed by atoms with Crippen LogP contribution in [-0.4, -0.2) is 17.0 Å². The number of hydrogen-bond acceptors (Lipinski definition) is 4. The Hall–Kier alpha value is 0.170. The second-order valence-corrected chi connectivity index (χ2v) is 5.99. The van der Waals surface area contributed by atoms with Crippen molar-refractivity contribution in [2.75, 3.05) is 6.26 Å². The Morgan fingerprint density at radius 1 is 1.55 bits per heavy atom. The average Bonchev–Trinajstić information content (AvgIpc) is 1.84. The fourth-order valence-corrected chi connectivity index (χ4v) is 2.91. The Kier molecular flexibility index (Phi) is 5.01. The lowest BCUT2D eigenvalue weighted by molar-refractivity contribution is -0.305. The van der Waals surface area contributed by atoms with Crippen molar-refractivity contribution in [2.24, 2.45) is 0 Å². The van der Waals surface area contributed by atoms with Crippen molar-refractivity contribution < 1.29 is 9.90 Å². The van der Waals surface area contributed by atoms with Gasteiger partial charge in [0, 0.05) is 10.7 Å². The molecule has 0 amide bonds. The average molecular weight is 193 g/mol. The van der Waals surface area contributed by atoms with E-state index in [0.29, 0.717) is 6.42 Å². The van der Waals surface area contributed by atoms with Gasteiger partial charge in [-0.25, -0.2) is 0 Å². The second kappa shape index (κ2) is 4.93. The van der Waals surface area contributed by atoms with Crippen LogP contribution in [0.25, 0.3) is 0 Å². The molecule has 0 aromatic carbocycles. The largest absolute Gasteiger partial charge is 0.550 e. The first-order valence-electron chi connectivity index (χ1n) is 3.39. The Morgan fingerprint density at radius 3 is 2.45 bits per heavy atom. The maximum Gasteiger partial charge on any atom is 0.0414 e. The molecule has 0 aliphatic heterocycles. The van der Waals surface area contributed by atoms with Crippen molar-refractivity contribution in [3.63, 3.8) is 0 Å². The van der Waals surface area contributed by atoms with Gasteiger partial charge in [-0.15, -0.1) is 0 Å². The molecule has 0 saturated carbocycles. The summed E-state index contributed by atoms with van der Waals surface area (Å²) in [6.07, 6.45) is 2.81. The zero-order valence-electron chi connectivity index (χ0n) is 7.05. The maximum absolute atomic E-state index is 10.1. The van der Waals surface area contributed by atoms with Crippen molar-refractivity contribution in [1.29, 1.82) is 0 Å². The van der Waals surface area contributed by atoms with Gasteiger partial charge in [-0.05, 0) is 32.9 Å². The molecular formula is C7H13O2S2-. The summed E-state index contributed by atoms with van der Waals surface area (Å²) in [5.41, 5.74) is 0. The zero-order valence-corrected chi connectivity index (χ0v) is 8.68. The van der Waals surface area contributed by atoms with Crippen molar-refractivity contribution in [3.8, 4) is 0 Å². The Morgan fingerprint density at radius 2 is 2.09 bits per heavy atom. The van der Waals surface area contributed by atoms with Crippen LogP contribution in [0.1, 0.15) is 26.7 Å². The van der Waals surface area contributed by atoms with Crippen LogP contribution in [0.4, 0.5) is 0 Å². The van der Waals surface area contributed by atoms with Crippen LogP contribution in [0.5, 0.6) is 0 Å². The number of carboxylic acid groups (broad SMARTS) is 1. The van der Waals surface area contributed by atoms with Crippen LogP contribution in [0.15, 0.2) is 0 Å². The molecule has 0 aliphatic rings. The van der Waals surface area contributed by atoms with Gasteiger partial charge < -0.3 is 9.90 Å². The molecule has 0 saturated heterocycles. The fourth-order valence-electron chi connectivity index (χ4n) is 0.670. The number of aliphatic carboxylic acids is 1. The number of hydrogen-bond donors (Lipinski definition) is 0. The van der Waals surface area contributed by atoms with E-state index in [4.69, 9.17) is 0 Å². The minimum atomic E-state index is -0.959. The lowest BCUT2D eigenvalue weighted by atomic mass is 10.1. The quantitative estimate of drug-likeness (QED) is 0.617. The highest BCUT2D eigenvalue weighted by molar-refractivity contribution is 8.76. The summed E-state index contributed by atoms with van der Waals surface area (Å²) in [6, 6.07) is 0. The van der Waals surface area contributed by atoms with Crippen LogP contribution in [-0.2, 0) is 4.79 Å². The van der Waals surface area contributed by atoms with E-state index in [2.05, 4.69) is 0 Å². The van der Waals surface area contributed by atoms with E-state index in [9.17, 15) is 9.90 Å². The van der Waals surface area contributed by atoms with Crippen LogP contribution in [0.3, 0.4) is 0 Å². The molecule has 0 atom stereocenters. The molecule has 2 nitrogen and oxygen atoms in total. The molecule has 66 valence electrons. The summed E-state index contributed by atoms with van der Waals surface area (Å²) in [5, 5.41) is 10.1. The molecule has 0 aromatic rings. The molecule has 0 aliphatic carbocycles. The van der Waals surface area contributed by atoms with Crippen LogP contribution in [0, 0.1) is 0 Å². The van der Waals surface area contributed by atoms with E-state index >= 15 is 0 Å². The second-order valence-electron chi connectivity index (χ2n) is 2.88. The Labute approximate surface area is 75.5 Å². The van der Waals surface area contributed by atoms with E-state index in [1.807, 2.05) is 20.1 Å². The first-order chi connectivity index (χ1) is 4.98. The van der Waals surface area contributed by atoms with Gasteiger partial charge in [-0.2, -0.15) is 0 Å². The van der Waals surface area contributed by atoms with Crippen LogP contribution in [0.2, 0.25) is 0 Å². The molecule has 0 spiro atoms. The minimum absolute atomic E-state index is 0.0412. The summed E-state index contributed by atoms with van der Waals surface area (Å²) in [5.74, 6) is -0.959. The lowest BCUT2D eigenvalue weighted by Crippen LogP contribution is -2.25. The normalized spacial score (nSPS) is 11.5. The third kappa shape index (κ3) is 6.56. The topological polar surface area (TPSA) is 40.1 Å². The highest BCUT2D eigenvalue weighted by atomic mass is 33.1. The Balaban J connectivity index is 3.63. The van der Waals surface area contributed by atoms with E-state index in [1.54, 1.807) is 21.6 Å². The van der Waals surface area contributed by atoms with E-state index in [0.717, 1.165) is 0 Å². The van der Waals surface area contributed by atoms with E-state index in [-0.39, 0.29) is 11.2 Å². The number of rotatable bonds is 5. The SMILES string of the molecule is CSSC(C)(C)CCC(=O)[O-]. The van der Waals surface area contributed by atoms with Crippen LogP contribution < -0.4 is 5.11 Å². The molecular weight excluding hydrogens is 180 g/mol. The number of carbonyl (C=O) groups is 1. The van der Waals surface area contributed by atoms with E-state index < -0.39 is 5.97 Å². The monoisotopic (exact) mass is 193 g/mol. The highest BCUT2D eigenvalue weighted by Crippen LogP contribution is 2.36. The minimum Gasteiger partial charge on any atom is -0.550 e. The summed E-state index contributed by atoms with van der Waals surface area (Å²) in [6.45, 7) is 4.08. The predicted molar refractivity (Wildman–Crippen MR) is 49.4 cm³/mol. The van der Waals surface area contributed by atoms with Gasteiger partial charge in [0.05, 0.1) is 0 Å². The van der Waals surface area contributed by atoms with Gasteiger partial charge in [-0.3, -0.25) is 0 Å². The summed E-state index contributed by atoms with van der Waals surface area (Å²) in [7, 11) is 3.36. The van der Waals surface area contributed by atoms with Gasteiger partial charge in [0.15, 0.2) is 0 Å². The zero-order chi connectivity index (χ0) is 8.91. The predicted octanol–water partition coefficient (Wildman–Crippen LogP) is 1.31. The summed E-state index contributed by atoms with van der Waals surface area (Å²) >= 11 is 0. The van der Waals surface area contributed by atoms with Gasteiger partial charge in [0.2, 0.25) is 0 Å². The standard InChI is InChI=1S/C7H14O2S2/c1-7(2,11-10-3)5-4-6(8)9/h4-5H2,1-3H3,(H,8,9)/p-1. The Bertz CT molecular complexity index is 134. The van der Waals surface area contributed by atoms with Crippen molar-refractivity contribution in [1.82, 2.24) is 0 Å². The number of carbonyl (C=O) groups excluding carboxylic acids is 1. The molecule has 11 heavy (non-hydrogen) atoms. The lowest BCUT2D eigenvalue weighted by Gasteiger charge is -2.22.